The van der Waals surface area contributed by atoms with Crippen LogP contribution in [-0.4, -0.2) is 11.3 Å². The molecule has 2 rings (SSSR count). The molecule has 1 heterocycles. The van der Waals surface area contributed by atoms with Crippen molar-refractivity contribution >= 4 is 40.4 Å². The van der Waals surface area contributed by atoms with Crippen LogP contribution in [0.3, 0.4) is 0 Å². The number of carbonyl (C=O) groups is 1. The molecule has 2 aromatic rings. The van der Waals surface area contributed by atoms with Crippen LogP contribution in [0.15, 0.2) is 12.1 Å². The molecule has 1 aromatic heterocycles. The summed E-state index contributed by atoms with van der Waals surface area (Å²) in [6.07, 6.45) is -4.31. The lowest BCUT2D eigenvalue weighted by atomic mass is 10.1. The number of fused-ring (bicyclic) bond motifs is 1. The molecule has 0 aliphatic rings. The summed E-state index contributed by atoms with van der Waals surface area (Å²) in [5.74, 6) is 0. The van der Waals surface area contributed by atoms with E-state index < -0.39 is 11.7 Å². The number of alkyl halides is 3. The molecule has 0 radical (unpaired) electrons. The fourth-order valence-electron chi connectivity index (χ4n) is 1.61. The van der Waals surface area contributed by atoms with Crippen molar-refractivity contribution in [2.24, 2.45) is 0 Å². The van der Waals surface area contributed by atoms with E-state index in [4.69, 9.17) is 23.2 Å². The molecule has 0 spiro atoms. The second-order valence-corrected chi connectivity index (χ2v) is 4.10. The summed E-state index contributed by atoms with van der Waals surface area (Å²) in [5, 5.41) is -0.387. The van der Waals surface area contributed by atoms with Crippen molar-refractivity contribution in [1.29, 1.82) is 0 Å². The number of benzene rings is 1. The first-order valence-corrected chi connectivity index (χ1v) is 5.14. The van der Waals surface area contributed by atoms with E-state index in [0.29, 0.717) is 0 Å². The summed E-state index contributed by atoms with van der Waals surface area (Å²) in [7, 11) is 0. The van der Waals surface area contributed by atoms with Crippen LogP contribution in [0.1, 0.15) is 15.9 Å². The number of halogens is 5. The third-order valence-electron chi connectivity index (χ3n) is 2.32. The summed E-state index contributed by atoms with van der Waals surface area (Å²) in [6.45, 7) is 0. The minimum atomic E-state index is -4.58. The molecule has 17 heavy (non-hydrogen) atoms. The SMILES string of the molecule is O=Cc1c(Cl)[nH]c2c(Cl)ccc(C(F)(F)F)c12. The molecule has 1 N–H and O–H groups in total. The second-order valence-electron chi connectivity index (χ2n) is 3.31. The predicted octanol–water partition coefficient (Wildman–Crippen LogP) is 4.31. The van der Waals surface area contributed by atoms with Crippen LogP contribution in [-0.2, 0) is 6.18 Å². The standard InChI is InChI=1S/C10H4Cl2F3NO/c11-6-2-1-5(10(13,14)15)7-4(3-17)9(12)16-8(6)7/h1-3,16H. The summed E-state index contributed by atoms with van der Waals surface area (Å²) < 4.78 is 38.3. The number of aromatic amines is 1. The van der Waals surface area contributed by atoms with Gasteiger partial charge in [0.2, 0.25) is 0 Å². The Morgan fingerprint density at radius 2 is 1.88 bits per heavy atom. The molecule has 0 aliphatic carbocycles. The minimum Gasteiger partial charge on any atom is -0.344 e. The highest BCUT2D eigenvalue weighted by Gasteiger charge is 2.34. The largest absolute Gasteiger partial charge is 0.417 e. The summed E-state index contributed by atoms with van der Waals surface area (Å²) in [5.41, 5.74) is -1.17. The van der Waals surface area contributed by atoms with Gasteiger partial charge in [0.05, 0.1) is 21.7 Å². The Balaban J connectivity index is 2.96. The average molecular weight is 282 g/mol. The van der Waals surface area contributed by atoms with Crippen molar-refractivity contribution in [2.75, 3.05) is 0 Å². The summed E-state index contributed by atoms with van der Waals surface area (Å²) in [4.78, 5) is 13.2. The van der Waals surface area contributed by atoms with Crippen molar-refractivity contribution < 1.29 is 18.0 Å². The van der Waals surface area contributed by atoms with E-state index in [1.807, 2.05) is 0 Å². The van der Waals surface area contributed by atoms with Crippen LogP contribution in [0, 0.1) is 0 Å². The molecule has 0 saturated carbocycles. The van der Waals surface area contributed by atoms with Crippen molar-refractivity contribution in [3.8, 4) is 0 Å². The van der Waals surface area contributed by atoms with E-state index in [1.54, 1.807) is 0 Å². The van der Waals surface area contributed by atoms with E-state index in [0.717, 1.165) is 12.1 Å². The van der Waals surface area contributed by atoms with Gasteiger partial charge in [-0.05, 0) is 12.1 Å². The molecule has 0 saturated heterocycles. The van der Waals surface area contributed by atoms with Crippen LogP contribution in [0.5, 0.6) is 0 Å². The van der Waals surface area contributed by atoms with Crippen molar-refractivity contribution in [1.82, 2.24) is 4.98 Å². The smallest absolute Gasteiger partial charge is 0.344 e. The predicted molar refractivity (Wildman–Crippen MR) is 58.7 cm³/mol. The Labute approximate surface area is 103 Å². The van der Waals surface area contributed by atoms with Crippen LogP contribution in [0.25, 0.3) is 10.9 Å². The number of H-pyrrole nitrogens is 1. The molecule has 2 nitrogen and oxygen atoms in total. The molecule has 0 bridgehead atoms. The molecular formula is C10H4Cl2F3NO. The number of carbonyl (C=O) groups excluding carboxylic acids is 1. The number of nitrogens with one attached hydrogen (secondary N) is 1. The van der Waals surface area contributed by atoms with Crippen LogP contribution >= 0.6 is 23.2 Å². The van der Waals surface area contributed by atoms with Crippen molar-refractivity contribution in [2.45, 2.75) is 6.18 Å². The maximum atomic E-state index is 12.8. The normalized spacial score (nSPS) is 12.1. The fourth-order valence-corrected chi connectivity index (χ4v) is 2.05. The Hall–Kier alpha value is -1.20. The Kier molecular flexibility index (Phi) is 2.83. The molecule has 90 valence electrons. The first-order valence-electron chi connectivity index (χ1n) is 4.38. The maximum Gasteiger partial charge on any atom is 0.417 e. The van der Waals surface area contributed by atoms with E-state index in [2.05, 4.69) is 4.98 Å². The van der Waals surface area contributed by atoms with Crippen molar-refractivity contribution in [3.63, 3.8) is 0 Å². The molecule has 0 amide bonds. The number of aromatic nitrogens is 1. The molecule has 0 fully saturated rings. The van der Waals surface area contributed by atoms with Gasteiger partial charge in [-0.15, -0.1) is 0 Å². The Bertz CT molecular complexity index is 604. The highest BCUT2D eigenvalue weighted by Crippen LogP contribution is 2.40. The molecule has 7 heteroatoms. The van der Waals surface area contributed by atoms with E-state index in [1.165, 1.54) is 0 Å². The summed E-state index contributed by atoms with van der Waals surface area (Å²) in [6, 6.07) is 1.93. The zero-order valence-corrected chi connectivity index (χ0v) is 9.54. The topological polar surface area (TPSA) is 32.9 Å². The quantitative estimate of drug-likeness (QED) is 0.777. The van der Waals surface area contributed by atoms with Crippen LogP contribution in [0.2, 0.25) is 10.2 Å². The molecule has 1 aromatic carbocycles. The molecular weight excluding hydrogens is 278 g/mol. The number of hydrogen-bond acceptors (Lipinski definition) is 1. The van der Waals surface area contributed by atoms with Gasteiger partial charge in [0.15, 0.2) is 6.29 Å². The van der Waals surface area contributed by atoms with E-state index in [9.17, 15) is 18.0 Å². The monoisotopic (exact) mass is 281 g/mol. The van der Waals surface area contributed by atoms with Gasteiger partial charge < -0.3 is 4.98 Å². The first-order chi connectivity index (χ1) is 7.86. The fraction of sp³-hybridized carbons (Fsp3) is 0.100. The van der Waals surface area contributed by atoms with Gasteiger partial charge in [-0.1, -0.05) is 23.2 Å². The number of rotatable bonds is 1. The van der Waals surface area contributed by atoms with Gasteiger partial charge in [-0.25, -0.2) is 0 Å². The minimum absolute atomic E-state index is 0.00796. The van der Waals surface area contributed by atoms with Gasteiger partial charge in [0, 0.05) is 5.39 Å². The Morgan fingerprint density at radius 3 is 2.41 bits per heavy atom. The third kappa shape index (κ3) is 1.89. The molecule has 0 aliphatic heterocycles. The average Bonchev–Trinajstić information content (AvgIpc) is 2.54. The highest BCUT2D eigenvalue weighted by molar-refractivity contribution is 6.38. The lowest BCUT2D eigenvalue weighted by Gasteiger charge is -2.09. The van der Waals surface area contributed by atoms with Crippen LogP contribution in [0.4, 0.5) is 13.2 Å². The maximum absolute atomic E-state index is 12.8. The number of aldehydes is 1. The Morgan fingerprint density at radius 1 is 1.24 bits per heavy atom. The van der Waals surface area contributed by atoms with Gasteiger partial charge >= 0.3 is 6.18 Å². The zero-order valence-electron chi connectivity index (χ0n) is 8.03. The van der Waals surface area contributed by atoms with E-state index >= 15 is 0 Å². The third-order valence-corrected chi connectivity index (χ3v) is 2.93. The summed E-state index contributed by atoms with van der Waals surface area (Å²) >= 11 is 11.4. The first kappa shape index (κ1) is 12.3. The van der Waals surface area contributed by atoms with Gasteiger partial charge in [-0.3, -0.25) is 4.79 Å². The lowest BCUT2D eigenvalue weighted by Crippen LogP contribution is -2.06. The van der Waals surface area contributed by atoms with Gasteiger partial charge in [0.1, 0.15) is 5.15 Å². The van der Waals surface area contributed by atoms with E-state index in [-0.39, 0.29) is 32.9 Å². The molecule has 0 unspecified atom stereocenters. The second kappa shape index (κ2) is 3.92. The lowest BCUT2D eigenvalue weighted by molar-refractivity contribution is -0.136. The highest BCUT2D eigenvalue weighted by atomic mass is 35.5. The van der Waals surface area contributed by atoms with Crippen molar-refractivity contribution in [3.05, 3.63) is 33.4 Å². The van der Waals surface area contributed by atoms with Gasteiger partial charge in [0.25, 0.3) is 0 Å². The van der Waals surface area contributed by atoms with Crippen LogP contribution < -0.4 is 0 Å². The van der Waals surface area contributed by atoms with Gasteiger partial charge in [-0.2, -0.15) is 13.2 Å². The number of hydrogen-bond donors (Lipinski definition) is 1. The zero-order chi connectivity index (χ0) is 12.8. The molecule has 0 atom stereocenters.